The minimum absolute atomic E-state index is 0.501. The smallest absolute Gasteiger partial charge is 0.249 e. The van der Waals surface area contributed by atoms with Crippen molar-refractivity contribution in [3.8, 4) is 11.5 Å². The van der Waals surface area contributed by atoms with E-state index in [4.69, 9.17) is 4.42 Å². The molecule has 0 aliphatic rings. The Kier molecular flexibility index (Phi) is 4.91. The van der Waals surface area contributed by atoms with Gasteiger partial charge >= 0.3 is 0 Å². The van der Waals surface area contributed by atoms with E-state index in [2.05, 4.69) is 44.4 Å². The van der Waals surface area contributed by atoms with Crippen LogP contribution in [0.25, 0.3) is 17.5 Å². The quantitative estimate of drug-likeness (QED) is 0.699. The standard InChI is InChI=1S/C18H18N4O/c1-22(12-6-9-15-7-3-2-4-8-15)14-17-20-21-18(23-17)16-10-5-11-19-13-16/h2-11,13H,12,14H2,1H3. The van der Waals surface area contributed by atoms with Gasteiger partial charge in [-0.2, -0.15) is 0 Å². The number of aromatic nitrogens is 3. The first kappa shape index (κ1) is 15.1. The third-order valence-electron chi connectivity index (χ3n) is 3.31. The maximum atomic E-state index is 5.68. The van der Waals surface area contributed by atoms with Crippen LogP contribution in [0.1, 0.15) is 11.5 Å². The SMILES string of the molecule is CN(CC=Cc1ccccc1)Cc1nnc(-c2cccnc2)o1. The van der Waals surface area contributed by atoms with Crippen molar-refractivity contribution in [2.75, 3.05) is 13.6 Å². The molecule has 1 aromatic carbocycles. The van der Waals surface area contributed by atoms with Gasteiger partial charge in [0.05, 0.1) is 12.1 Å². The summed E-state index contributed by atoms with van der Waals surface area (Å²) in [6.07, 6.45) is 7.65. The molecule has 2 heterocycles. The molecular weight excluding hydrogens is 288 g/mol. The Morgan fingerprint density at radius 2 is 1.96 bits per heavy atom. The summed E-state index contributed by atoms with van der Waals surface area (Å²) in [5, 5.41) is 8.15. The Morgan fingerprint density at radius 1 is 1.09 bits per heavy atom. The molecule has 0 amide bonds. The van der Waals surface area contributed by atoms with Crippen molar-refractivity contribution in [3.05, 3.63) is 72.4 Å². The molecule has 0 N–H and O–H groups in total. The zero-order chi connectivity index (χ0) is 15.9. The monoisotopic (exact) mass is 306 g/mol. The number of pyridine rings is 1. The molecule has 0 atom stereocenters. The van der Waals surface area contributed by atoms with Gasteiger partial charge in [0.2, 0.25) is 11.8 Å². The fourth-order valence-electron chi connectivity index (χ4n) is 2.15. The molecule has 0 unspecified atom stereocenters. The Morgan fingerprint density at radius 3 is 2.74 bits per heavy atom. The highest BCUT2D eigenvalue weighted by Gasteiger charge is 2.09. The van der Waals surface area contributed by atoms with E-state index in [0.29, 0.717) is 18.3 Å². The van der Waals surface area contributed by atoms with E-state index in [9.17, 15) is 0 Å². The summed E-state index contributed by atoms with van der Waals surface area (Å²) >= 11 is 0. The van der Waals surface area contributed by atoms with Crippen LogP contribution in [0.2, 0.25) is 0 Å². The predicted molar refractivity (Wildman–Crippen MR) is 89.3 cm³/mol. The molecule has 0 fully saturated rings. The van der Waals surface area contributed by atoms with Gasteiger partial charge in [0.25, 0.3) is 0 Å². The molecule has 0 spiro atoms. The van der Waals surface area contributed by atoms with E-state index in [1.165, 1.54) is 5.56 Å². The lowest BCUT2D eigenvalue weighted by Crippen LogP contribution is -2.17. The molecule has 0 aliphatic heterocycles. The lowest BCUT2D eigenvalue weighted by molar-refractivity contribution is 0.317. The Bertz CT molecular complexity index is 753. The van der Waals surface area contributed by atoms with Crippen molar-refractivity contribution in [2.24, 2.45) is 0 Å². The van der Waals surface area contributed by atoms with Crippen molar-refractivity contribution in [1.82, 2.24) is 20.1 Å². The van der Waals surface area contributed by atoms with Crippen LogP contribution in [0.3, 0.4) is 0 Å². The highest BCUT2D eigenvalue weighted by atomic mass is 16.4. The van der Waals surface area contributed by atoms with E-state index >= 15 is 0 Å². The molecule has 5 nitrogen and oxygen atoms in total. The van der Waals surface area contributed by atoms with Gasteiger partial charge in [0, 0.05) is 18.9 Å². The highest BCUT2D eigenvalue weighted by Crippen LogP contribution is 2.16. The predicted octanol–water partition coefficient (Wildman–Crippen LogP) is 3.28. The van der Waals surface area contributed by atoms with Crippen molar-refractivity contribution < 1.29 is 4.42 Å². The minimum Gasteiger partial charge on any atom is -0.419 e. The summed E-state index contributed by atoms with van der Waals surface area (Å²) in [6.45, 7) is 1.41. The second-order valence-electron chi connectivity index (χ2n) is 5.25. The first-order valence-electron chi connectivity index (χ1n) is 7.44. The largest absolute Gasteiger partial charge is 0.419 e. The van der Waals surface area contributed by atoms with Crippen LogP contribution < -0.4 is 0 Å². The van der Waals surface area contributed by atoms with Gasteiger partial charge in [-0.15, -0.1) is 10.2 Å². The number of hydrogen-bond acceptors (Lipinski definition) is 5. The molecule has 0 aliphatic carbocycles. The van der Waals surface area contributed by atoms with Crippen LogP contribution >= 0.6 is 0 Å². The average Bonchev–Trinajstić information content (AvgIpc) is 3.05. The minimum atomic E-state index is 0.501. The molecule has 116 valence electrons. The first-order chi connectivity index (χ1) is 11.3. The van der Waals surface area contributed by atoms with Crippen LogP contribution in [0.15, 0.2) is 65.4 Å². The maximum Gasteiger partial charge on any atom is 0.249 e. The van der Waals surface area contributed by atoms with Crippen molar-refractivity contribution in [3.63, 3.8) is 0 Å². The van der Waals surface area contributed by atoms with E-state index in [0.717, 1.165) is 12.1 Å². The van der Waals surface area contributed by atoms with Crippen molar-refractivity contribution >= 4 is 6.08 Å². The van der Waals surface area contributed by atoms with Gasteiger partial charge in [0.15, 0.2) is 0 Å². The first-order valence-corrected chi connectivity index (χ1v) is 7.44. The fourth-order valence-corrected chi connectivity index (χ4v) is 2.15. The van der Waals surface area contributed by atoms with Crippen LogP contribution in [0, 0.1) is 0 Å². The summed E-state index contributed by atoms with van der Waals surface area (Å²) in [4.78, 5) is 6.16. The maximum absolute atomic E-state index is 5.68. The summed E-state index contributed by atoms with van der Waals surface area (Å²) < 4.78 is 5.68. The van der Waals surface area contributed by atoms with Crippen molar-refractivity contribution in [1.29, 1.82) is 0 Å². The van der Waals surface area contributed by atoms with E-state index in [1.807, 2.05) is 37.4 Å². The molecule has 0 saturated heterocycles. The second-order valence-corrected chi connectivity index (χ2v) is 5.25. The molecule has 23 heavy (non-hydrogen) atoms. The van der Waals surface area contributed by atoms with Crippen LogP contribution in [-0.4, -0.2) is 33.7 Å². The van der Waals surface area contributed by atoms with E-state index in [-0.39, 0.29) is 0 Å². The molecule has 0 saturated carbocycles. The van der Waals surface area contributed by atoms with E-state index < -0.39 is 0 Å². The third-order valence-corrected chi connectivity index (χ3v) is 3.31. The highest BCUT2D eigenvalue weighted by molar-refractivity contribution is 5.50. The van der Waals surface area contributed by atoms with Gasteiger partial charge in [-0.05, 0) is 24.7 Å². The molecule has 3 aromatic rings. The topological polar surface area (TPSA) is 55.1 Å². The number of rotatable bonds is 6. The second kappa shape index (κ2) is 7.47. The van der Waals surface area contributed by atoms with Crippen LogP contribution in [-0.2, 0) is 6.54 Å². The number of nitrogens with zero attached hydrogens (tertiary/aromatic N) is 4. The molecule has 2 aromatic heterocycles. The Balaban J connectivity index is 1.55. The van der Waals surface area contributed by atoms with Crippen LogP contribution in [0.4, 0.5) is 0 Å². The molecule has 3 rings (SSSR count). The third kappa shape index (κ3) is 4.34. The number of benzene rings is 1. The van der Waals surface area contributed by atoms with Gasteiger partial charge < -0.3 is 4.42 Å². The summed E-state index contributed by atoms with van der Waals surface area (Å²) in [6, 6.07) is 14.0. The fraction of sp³-hybridized carbons (Fsp3) is 0.167. The zero-order valence-electron chi connectivity index (χ0n) is 13.0. The Hall–Kier alpha value is -2.79. The van der Waals surface area contributed by atoms with Gasteiger partial charge in [-0.1, -0.05) is 42.5 Å². The molecular formula is C18H18N4O. The Labute approximate surface area is 135 Å². The van der Waals surface area contributed by atoms with E-state index in [1.54, 1.807) is 12.4 Å². The number of hydrogen-bond donors (Lipinski definition) is 0. The van der Waals surface area contributed by atoms with Gasteiger partial charge in [0.1, 0.15) is 0 Å². The lowest BCUT2D eigenvalue weighted by atomic mass is 10.2. The van der Waals surface area contributed by atoms with Gasteiger partial charge in [-0.25, -0.2) is 0 Å². The zero-order valence-corrected chi connectivity index (χ0v) is 13.0. The molecule has 5 heteroatoms. The molecule has 0 bridgehead atoms. The average molecular weight is 306 g/mol. The van der Waals surface area contributed by atoms with Crippen LogP contribution in [0.5, 0.6) is 0 Å². The summed E-state index contributed by atoms with van der Waals surface area (Å²) in [5.41, 5.74) is 2.02. The lowest BCUT2D eigenvalue weighted by Gasteiger charge is -2.10. The molecule has 0 radical (unpaired) electrons. The summed E-state index contributed by atoms with van der Waals surface area (Å²) in [7, 11) is 2.02. The van der Waals surface area contributed by atoms with Crippen molar-refractivity contribution in [2.45, 2.75) is 6.54 Å². The normalized spacial score (nSPS) is 11.4. The summed E-state index contributed by atoms with van der Waals surface area (Å²) in [5.74, 6) is 1.10. The number of likely N-dealkylation sites (N-methyl/N-ethyl adjacent to an activating group) is 1. The van der Waals surface area contributed by atoms with Gasteiger partial charge in [-0.3, -0.25) is 9.88 Å².